The Hall–Kier alpha value is -0.690. The molecule has 1 spiro atoms. The molecule has 4 rings (SSSR count). The van der Waals surface area contributed by atoms with Gasteiger partial charge in [0.25, 0.3) is 0 Å². The number of hydrogen-bond acceptors (Lipinski definition) is 6. The first kappa shape index (κ1) is 19.6. The number of ether oxygens (including phenoxy) is 5. The van der Waals surface area contributed by atoms with E-state index in [-0.39, 0.29) is 49.0 Å². The van der Waals surface area contributed by atoms with Gasteiger partial charge in [-0.05, 0) is 31.6 Å². The van der Waals surface area contributed by atoms with E-state index in [9.17, 15) is 4.79 Å². The number of carbonyl (C=O) groups excluding carboxylic acids is 1. The molecule has 0 amide bonds. The zero-order valence-corrected chi connectivity index (χ0v) is 16.9. The van der Waals surface area contributed by atoms with Crippen molar-refractivity contribution >= 4 is 5.97 Å². The van der Waals surface area contributed by atoms with Crippen LogP contribution in [0.15, 0.2) is 0 Å². The maximum atomic E-state index is 11.7. The fraction of sp³-hybridized carbons (Fsp3) is 0.952. The van der Waals surface area contributed by atoms with Gasteiger partial charge in [0, 0.05) is 12.8 Å². The average molecular weight is 382 g/mol. The van der Waals surface area contributed by atoms with E-state index in [4.69, 9.17) is 23.7 Å². The Labute approximate surface area is 162 Å². The normalized spacial score (nSPS) is 41.6. The predicted molar refractivity (Wildman–Crippen MR) is 98.2 cm³/mol. The molecule has 3 saturated heterocycles. The maximum absolute atomic E-state index is 11.7. The van der Waals surface area contributed by atoms with Gasteiger partial charge in [0.1, 0.15) is 18.3 Å². The van der Waals surface area contributed by atoms with Crippen molar-refractivity contribution in [1.29, 1.82) is 0 Å². The highest BCUT2D eigenvalue weighted by molar-refractivity contribution is 5.69. The first-order valence-corrected chi connectivity index (χ1v) is 10.8. The van der Waals surface area contributed by atoms with E-state index in [1.807, 2.05) is 0 Å². The first-order valence-electron chi connectivity index (χ1n) is 10.8. The molecule has 1 saturated carbocycles. The van der Waals surface area contributed by atoms with E-state index in [0.29, 0.717) is 5.92 Å². The van der Waals surface area contributed by atoms with Gasteiger partial charge in [0.15, 0.2) is 5.79 Å². The Morgan fingerprint density at radius 2 is 1.81 bits per heavy atom. The summed E-state index contributed by atoms with van der Waals surface area (Å²) in [5.41, 5.74) is 0. The monoisotopic (exact) mass is 382 g/mol. The second kappa shape index (κ2) is 7.97. The van der Waals surface area contributed by atoms with Gasteiger partial charge in [-0.2, -0.15) is 0 Å². The molecular formula is C21H34O6. The summed E-state index contributed by atoms with van der Waals surface area (Å²) in [6.45, 7) is 4.44. The van der Waals surface area contributed by atoms with Crippen LogP contribution in [0, 0.1) is 5.92 Å². The molecule has 4 aliphatic rings. The molecule has 6 nitrogen and oxygen atoms in total. The van der Waals surface area contributed by atoms with Gasteiger partial charge in [-0.25, -0.2) is 0 Å². The molecule has 0 N–H and O–H groups in total. The molecule has 3 aliphatic heterocycles. The largest absolute Gasteiger partial charge is 0.469 e. The third-order valence-corrected chi connectivity index (χ3v) is 6.94. The standard InChI is InChI=1S/C21H34O6/c1-4-13(2)17-19-20(27-21(26-19)10-6-5-7-11-21)18-15(25-17)9-8-14(24-18)12-16(22)23-3/h13-15,17-20H,4-12H2,1-3H3/t13-,14-,15+,17+,18+,19?,20+/m1/s1. The van der Waals surface area contributed by atoms with Gasteiger partial charge in [-0.3, -0.25) is 4.79 Å². The lowest BCUT2D eigenvalue weighted by Gasteiger charge is -2.47. The topological polar surface area (TPSA) is 63.2 Å². The molecular weight excluding hydrogens is 348 g/mol. The maximum Gasteiger partial charge on any atom is 0.308 e. The third kappa shape index (κ3) is 3.78. The minimum atomic E-state index is -0.462. The Morgan fingerprint density at radius 1 is 1.07 bits per heavy atom. The Balaban J connectivity index is 1.54. The van der Waals surface area contributed by atoms with Crippen LogP contribution in [0.4, 0.5) is 0 Å². The SMILES string of the molecule is CC[C@@H](C)[C@@H]1O[C@H]2CC[C@H](CC(=O)OC)O[C@@H]2[C@@H]2OC3(CCCCC3)OC21. The molecule has 27 heavy (non-hydrogen) atoms. The van der Waals surface area contributed by atoms with Crippen LogP contribution in [-0.4, -0.2) is 55.5 Å². The summed E-state index contributed by atoms with van der Waals surface area (Å²) >= 11 is 0. The number of carbonyl (C=O) groups is 1. The van der Waals surface area contributed by atoms with E-state index < -0.39 is 5.79 Å². The van der Waals surface area contributed by atoms with Crippen molar-refractivity contribution in [3.63, 3.8) is 0 Å². The van der Waals surface area contributed by atoms with Crippen LogP contribution in [0.1, 0.15) is 71.6 Å². The Morgan fingerprint density at radius 3 is 2.52 bits per heavy atom. The van der Waals surface area contributed by atoms with Crippen molar-refractivity contribution in [1.82, 2.24) is 0 Å². The first-order chi connectivity index (χ1) is 13.0. The lowest BCUT2D eigenvalue weighted by atomic mass is 9.84. The molecule has 0 aromatic rings. The van der Waals surface area contributed by atoms with Crippen LogP contribution in [0.25, 0.3) is 0 Å². The predicted octanol–water partition coefficient (Wildman–Crippen LogP) is 3.36. The Bertz CT molecular complexity index is 531. The summed E-state index contributed by atoms with van der Waals surface area (Å²) in [7, 11) is 1.42. The minimum Gasteiger partial charge on any atom is -0.469 e. The average Bonchev–Trinajstić information content (AvgIpc) is 3.06. The van der Waals surface area contributed by atoms with E-state index in [1.165, 1.54) is 13.5 Å². The molecule has 3 heterocycles. The van der Waals surface area contributed by atoms with Gasteiger partial charge in [0.2, 0.25) is 0 Å². The third-order valence-electron chi connectivity index (χ3n) is 6.94. The molecule has 0 aromatic heterocycles. The quantitative estimate of drug-likeness (QED) is 0.695. The van der Waals surface area contributed by atoms with E-state index in [2.05, 4.69) is 13.8 Å². The molecule has 6 heteroatoms. The minimum absolute atomic E-state index is 0.0153. The van der Waals surface area contributed by atoms with Crippen LogP contribution < -0.4 is 0 Å². The van der Waals surface area contributed by atoms with Crippen molar-refractivity contribution in [3.8, 4) is 0 Å². The number of rotatable bonds is 4. The lowest BCUT2D eigenvalue weighted by molar-refractivity contribution is -0.247. The van der Waals surface area contributed by atoms with Crippen molar-refractivity contribution in [2.45, 2.75) is 114 Å². The van der Waals surface area contributed by atoms with Crippen LogP contribution in [0.2, 0.25) is 0 Å². The van der Waals surface area contributed by atoms with Crippen LogP contribution in [-0.2, 0) is 28.5 Å². The summed E-state index contributed by atoms with van der Waals surface area (Å²) < 4.78 is 30.9. The Kier molecular flexibility index (Phi) is 5.79. The van der Waals surface area contributed by atoms with Gasteiger partial charge in [-0.15, -0.1) is 0 Å². The van der Waals surface area contributed by atoms with Crippen LogP contribution in [0.3, 0.4) is 0 Å². The highest BCUT2D eigenvalue weighted by atomic mass is 16.8. The summed E-state index contributed by atoms with van der Waals surface area (Å²) in [4.78, 5) is 11.7. The zero-order valence-electron chi connectivity index (χ0n) is 16.9. The van der Waals surface area contributed by atoms with Gasteiger partial charge in [-0.1, -0.05) is 26.7 Å². The van der Waals surface area contributed by atoms with Crippen LogP contribution in [0.5, 0.6) is 0 Å². The van der Waals surface area contributed by atoms with E-state index >= 15 is 0 Å². The highest BCUT2D eigenvalue weighted by Crippen LogP contribution is 2.48. The van der Waals surface area contributed by atoms with E-state index in [0.717, 1.165) is 44.9 Å². The summed E-state index contributed by atoms with van der Waals surface area (Å²) in [5, 5.41) is 0. The lowest BCUT2D eigenvalue weighted by Crippen LogP contribution is -2.61. The van der Waals surface area contributed by atoms with E-state index in [1.54, 1.807) is 0 Å². The second-order valence-corrected chi connectivity index (χ2v) is 8.74. The highest BCUT2D eigenvalue weighted by Gasteiger charge is 2.60. The van der Waals surface area contributed by atoms with Gasteiger partial charge >= 0.3 is 5.97 Å². The molecule has 0 radical (unpaired) electrons. The number of esters is 1. The van der Waals surface area contributed by atoms with Crippen molar-refractivity contribution in [2.75, 3.05) is 7.11 Å². The molecule has 1 aliphatic carbocycles. The molecule has 1 unspecified atom stereocenters. The van der Waals surface area contributed by atoms with Crippen LogP contribution >= 0.6 is 0 Å². The molecule has 0 bridgehead atoms. The van der Waals surface area contributed by atoms with Crippen molar-refractivity contribution < 1.29 is 28.5 Å². The van der Waals surface area contributed by atoms with Crippen molar-refractivity contribution in [3.05, 3.63) is 0 Å². The van der Waals surface area contributed by atoms with Gasteiger partial charge < -0.3 is 23.7 Å². The molecule has 154 valence electrons. The van der Waals surface area contributed by atoms with Crippen molar-refractivity contribution in [2.24, 2.45) is 5.92 Å². The summed E-state index contributed by atoms with van der Waals surface area (Å²) in [6.07, 6.45) is 8.06. The fourth-order valence-electron chi connectivity index (χ4n) is 5.21. The molecule has 7 atom stereocenters. The smallest absolute Gasteiger partial charge is 0.308 e. The molecule has 0 aromatic carbocycles. The second-order valence-electron chi connectivity index (χ2n) is 8.74. The number of fused-ring (bicyclic) bond motifs is 3. The summed E-state index contributed by atoms with van der Waals surface area (Å²) in [6, 6.07) is 0. The fourth-order valence-corrected chi connectivity index (χ4v) is 5.21. The number of methoxy groups -OCH3 is 1. The van der Waals surface area contributed by atoms with Gasteiger partial charge in [0.05, 0.1) is 31.8 Å². The number of hydrogen-bond donors (Lipinski definition) is 0. The summed E-state index contributed by atoms with van der Waals surface area (Å²) in [5.74, 6) is -0.277. The zero-order chi connectivity index (χ0) is 19.0. The molecule has 4 fully saturated rings.